The van der Waals surface area contributed by atoms with Crippen LogP contribution < -0.4 is 4.74 Å². The van der Waals surface area contributed by atoms with E-state index in [2.05, 4.69) is 9.72 Å². The Hall–Kier alpha value is -1.62. The van der Waals surface area contributed by atoms with Gasteiger partial charge in [-0.05, 0) is 11.6 Å². The third-order valence-corrected chi connectivity index (χ3v) is 2.29. The van der Waals surface area contributed by atoms with Gasteiger partial charge in [0.25, 0.3) is 6.43 Å². The van der Waals surface area contributed by atoms with E-state index in [1.165, 1.54) is 0 Å². The molecule has 0 saturated heterocycles. The molecule has 0 aromatic carbocycles. The summed E-state index contributed by atoms with van der Waals surface area (Å²) in [6, 6.07) is 2.56. The van der Waals surface area contributed by atoms with E-state index in [4.69, 9.17) is 16.9 Å². The van der Waals surface area contributed by atoms with Crippen molar-refractivity contribution in [1.29, 1.82) is 5.26 Å². The number of nitrogens with zero attached hydrogens (tertiary/aromatic N) is 2. The van der Waals surface area contributed by atoms with Crippen molar-refractivity contribution in [1.82, 2.24) is 4.98 Å². The molecular formula is C10H6ClF5N2O. The molecule has 0 spiro atoms. The molecule has 1 rings (SSSR count). The molecule has 1 aromatic heterocycles. The highest BCUT2D eigenvalue weighted by Crippen LogP contribution is 2.31. The van der Waals surface area contributed by atoms with E-state index in [1.54, 1.807) is 6.07 Å². The third-order valence-electron chi connectivity index (χ3n) is 2.01. The van der Waals surface area contributed by atoms with Gasteiger partial charge >= 0.3 is 6.36 Å². The minimum atomic E-state index is -5.08. The first-order valence-corrected chi connectivity index (χ1v) is 5.31. The van der Waals surface area contributed by atoms with Gasteiger partial charge in [0.15, 0.2) is 0 Å². The molecule has 0 saturated carbocycles. The van der Waals surface area contributed by atoms with Crippen LogP contribution in [-0.4, -0.2) is 11.3 Å². The Morgan fingerprint density at radius 1 is 1.37 bits per heavy atom. The Kier molecular flexibility index (Phi) is 4.89. The highest BCUT2D eigenvalue weighted by atomic mass is 35.5. The van der Waals surface area contributed by atoms with Crippen molar-refractivity contribution in [3.05, 3.63) is 22.9 Å². The standard InChI is InChI=1S/C10H6ClF5N2O/c11-4-6-3-5(1-2-17)9(19-10(14,15)16)18-7(6)8(12)13/h3,8H,1,4H2. The first-order chi connectivity index (χ1) is 8.78. The first-order valence-electron chi connectivity index (χ1n) is 4.78. The van der Waals surface area contributed by atoms with Gasteiger partial charge in [0.05, 0.1) is 12.5 Å². The number of hydrogen-bond donors (Lipinski definition) is 0. The Balaban J connectivity index is 3.33. The molecule has 0 fully saturated rings. The minimum Gasteiger partial charge on any atom is -0.388 e. The molecule has 0 aliphatic rings. The topological polar surface area (TPSA) is 45.9 Å². The van der Waals surface area contributed by atoms with Crippen molar-refractivity contribution in [2.45, 2.75) is 25.1 Å². The van der Waals surface area contributed by atoms with Gasteiger partial charge in [0, 0.05) is 11.4 Å². The second kappa shape index (κ2) is 6.02. The van der Waals surface area contributed by atoms with Crippen LogP contribution in [0.2, 0.25) is 0 Å². The predicted octanol–water partition coefficient (Wildman–Crippen LogP) is 3.72. The fourth-order valence-electron chi connectivity index (χ4n) is 1.30. The van der Waals surface area contributed by atoms with E-state index in [9.17, 15) is 22.0 Å². The minimum absolute atomic E-state index is 0.142. The predicted molar refractivity (Wildman–Crippen MR) is 54.8 cm³/mol. The van der Waals surface area contributed by atoms with Gasteiger partial charge in [-0.1, -0.05) is 0 Å². The zero-order chi connectivity index (χ0) is 14.6. The Bertz CT molecular complexity index is 498. The van der Waals surface area contributed by atoms with Crippen LogP contribution in [0.25, 0.3) is 0 Å². The maximum atomic E-state index is 12.6. The number of ether oxygens (including phenoxy) is 1. The maximum Gasteiger partial charge on any atom is 0.574 e. The largest absolute Gasteiger partial charge is 0.574 e. The third kappa shape index (κ3) is 4.21. The number of nitriles is 1. The van der Waals surface area contributed by atoms with Crippen LogP contribution in [-0.2, 0) is 12.3 Å². The Morgan fingerprint density at radius 3 is 2.42 bits per heavy atom. The van der Waals surface area contributed by atoms with Gasteiger partial charge in [-0.15, -0.1) is 24.8 Å². The highest BCUT2D eigenvalue weighted by molar-refractivity contribution is 6.17. The average molecular weight is 301 g/mol. The first kappa shape index (κ1) is 15.4. The molecule has 3 nitrogen and oxygen atoms in total. The quantitative estimate of drug-likeness (QED) is 0.629. The van der Waals surface area contributed by atoms with Crippen molar-refractivity contribution in [3.8, 4) is 11.9 Å². The lowest BCUT2D eigenvalue weighted by Crippen LogP contribution is -2.20. The van der Waals surface area contributed by atoms with Crippen LogP contribution in [0.5, 0.6) is 5.88 Å². The van der Waals surface area contributed by atoms with Gasteiger partial charge < -0.3 is 4.74 Å². The zero-order valence-electron chi connectivity index (χ0n) is 9.14. The molecule has 0 aliphatic carbocycles. The van der Waals surface area contributed by atoms with Crippen LogP contribution in [0.1, 0.15) is 23.2 Å². The van der Waals surface area contributed by atoms with Gasteiger partial charge in [-0.25, -0.2) is 13.8 Å². The summed E-state index contributed by atoms with van der Waals surface area (Å²) in [6.07, 6.45) is -8.65. The van der Waals surface area contributed by atoms with Crippen molar-refractivity contribution < 1.29 is 26.7 Å². The molecule has 104 valence electrons. The summed E-state index contributed by atoms with van der Waals surface area (Å²) in [5.41, 5.74) is -1.28. The molecule has 0 amide bonds. The summed E-state index contributed by atoms with van der Waals surface area (Å²) in [5, 5.41) is 8.49. The van der Waals surface area contributed by atoms with Crippen LogP contribution in [0.15, 0.2) is 6.07 Å². The number of rotatable bonds is 4. The van der Waals surface area contributed by atoms with Gasteiger partial charge in [0.2, 0.25) is 5.88 Å². The van der Waals surface area contributed by atoms with Gasteiger partial charge in [-0.3, -0.25) is 0 Å². The number of halogens is 6. The molecule has 0 bridgehead atoms. The molecule has 0 unspecified atom stereocenters. The smallest absolute Gasteiger partial charge is 0.388 e. The molecule has 0 atom stereocenters. The fourth-order valence-corrected chi connectivity index (χ4v) is 1.52. The van der Waals surface area contributed by atoms with Crippen LogP contribution >= 0.6 is 11.6 Å². The van der Waals surface area contributed by atoms with Gasteiger partial charge in [0.1, 0.15) is 5.69 Å². The zero-order valence-corrected chi connectivity index (χ0v) is 9.90. The molecule has 0 N–H and O–H groups in total. The normalized spacial score (nSPS) is 11.5. The van der Waals surface area contributed by atoms with Crippen molar-refractivity contribution in [2.24, 2.45) is 0 Å². The Labute approximate surface area is 109 Å². The summed E-state index contributed by atoms with van der Waals surface area (Å²) in [7, 11) is 0. The van der Waals surface area contributed by atoms with E-state index >= 15 is 0 Å². The van der Waals surface area contributed by atoms with Crippen molar-refractivity contribution in [3.63, 3.8) is 0 Å². The lowest BCUT2D eigenvalue weighted by Gasteiger charge is -2.14. The lowest BCUT2D eigenvalue weighted by molar-refractivity contribution is -0.276. The number of pyridine rings is 1. The number of aromatic nitrogens is 1. The molecule has 0 aliphatic heterocycles. The number of alkyl halides is 6. The van der Waals surface area contributed by atoms with E-state index in [-0.39, 0.29) is 17.0 Å². The summed E-state index contributed by atoms with van der Waals surface area (Å²) < 4.78 is 65.1. The second-order valence-corrected chi connectivity index (χ2v) is 3.58. The summed E-state index contributed by atoms with van der Waals surface area (Å²) >= 11 is 5.41. The summed E-state index contributed by atoms with van der Waals surface area (Å²) in [6.45, 7) is 0. The van der Waals surface area contributed by atoms with E-state index in [1.807, 2.05) is 0 Å². The summed E-state index contributed by atoms with van der Waals surface area (Å²) in [5.74, 6) is -1.42. The molecule has 19 heavy (non-hydrogen) atoms. The SMILES string of the molecule is N#CCc1cc(CCl)c(C(F)F)nc1OC(F)(F)F. The Morgan fingerprint density at radius 2 is 2.00 bits per heavy atom. The van der Waals surface area contributed by atoms with E-state index in [0.717, 1.165) is 6.07 Å². The van der Waals surface area contributed by atoms with Gasteiger partial charge in [-0.2, -0.15) is 5.26 Å². The van der Waals surface area contributed by atoms with Crippen LogP contribution in [0.4, 0.5) is 22.0 Å². The second-order valence-electron chi connectivity index (χ2n) is 3.31. The van der Waals surface area contributed by atoms with Crippen LogP contribution in [0.3, 0.4) is 0 Å². The molecule has 0 radical (unpaired) electrons. The van der Waals surface area contributed by atoms with Crippen molar-refractivity contribution >= 4 is 11.6 Å². The average Bonchev–Trinajstić information content (AvgIpc) is 2.28. The van der Waals surface area contributed by atoms with Crippen molar-refractivity contribution in [2.75, 3.05) is 0 Å². The molecule has 9 heteroatoms. The molecular weight excluding hydrogens is 295 g/mol. The monoisotopic (exact) mass is 300 g/mol. The van der Waals surface area contributed by atoms with E-state index < -0.39 is 30.8 Å². The molecule has 1 heterocycles. The summed E-state index contributed by atoms with van der Waals surface area (Å²) in [4.78, 5) is 3.12. The van der Waals surface area contributed by atoms with Crippen LogP contribution in [0, 0.1) is 11.3 Å². The van der Waals surface area contributed by atoms with E-state index in [0.29, 0.717) is 0 Å². The molecule has 1 aromatic rings. The highest BCUT2D eigenvalue weighted by Gasteiger charge is 2.34. The fraction of sp³-hybridized carbons (Fsp3) is 0.400. The maximum absolute atomic E-state index is 12.6. The number of hydrogen-bond acceptors (Lipinski definition) is 3. The lowest BCUT2D eigenvalue weighted by atomic mass is 10.1.